The second-order valence-electron chi connectivity index (χ2n) is 1.94. The Bertz CT molecular complexity index is 114. The summed E-state index contributed by atoms with van der Waals surface area (Å²) in [6.45, 7) is 1.64. The van der Waals surface area contributed by atoms with E-state index in [2.05, 4.69) is 0 Å². The van der Waals surface area contributed by atoms with Crippen molar-refractivity contribution in [3.8, 4) is 0 Å². The van der Waals surface area contributed by atoms with Crippen LogP contribution in [0.3, 0.4) is 0 Å². The van der Waals surface area contributed by atoms with Gasteiger partial charge in [0.15, 0.2) is 5.81 Å². The Morgan fingerprint density at radius 2 is 2.00 bits per heavy atom. The monoisotopic (exact) mass is 141 g/mol. The van der Waals surface area contributed by atoms with Crippen LogP contribution in [0.4, 0.5) is 4.79 Å². The fourth-order valence-corrected chi connectivity index (χ4v) is 1.69. The average Bonchev–Trinajstić information content (AvgIpc) is 1.90. The lowest BCUT2D eigenvalue weighted by atomic mass is 10.1. The molecule has 0 N–H and O–H groups in total. The summed E-state index contributed by atoms with van der Waals surface area (Å²) in [7, 11) is 5.04. The summed E-state index contributed by atoms with van der Waals surface area (Å²) < 4.78 is 0. The molecule has 4 heteroatoms. The number of hydrogen-bond donors (Lipinski definition) is 0. The van der Waals surface area contributed by atoms with Gasteiger partial charge >= 0.3 is 0 Å². The van der Waals surface area contributed by atoms with Gasteiger partial charge in [0.05, 0.1) is 0 Å². The minimum absolute atomic E-state index is 0.282. The summed E-state index contributed by atoms with van der Waals surface area (Å²) in [5, 5.41) is 0. The molecule has 0 aromatic carbocycles. The van der Waals surface area contributed by atoms with Gasteiger partial charge in [0.2, 0.25) is 7.85 Å². The lowest BCUT2D eigenvalue weighted by Crippen LogP contribution is -2.36. The summed E-state index contributed by atoms with van der Waals surface area (Å²) >= 11 is 1.87. The zero-order valence-electron chi connectivity index (χ0n) is 5.17. The highest BCUT2D eigenvalue weighted by Gasteiger charge is 2.10. The van der Waals surface area contributed by atoms with Gasteiger partial charge in [-0.3, -0.25) is 4.79 Å². The molecule has 1 fully saturated rings. The predicted octanol–water partition coefficient (Wildman–Crippen LogP) is 0.324. The first kappa shape index (κ1) is 7.00. The zero-order valence-corrected chi connectivity index (χ0v) is 5.99. The normalized spacial score (nSPS) is 19.8. The van der Waals surface area contributed by atoms with Crippen LogP contribution < -0.4 is 0 Å². The number of carbonyl (C=O) groups excluding carboxylic acids is 1. The van der Waals surface area contributed by atoms with Crippen molar-refractivity contribution in [2.24, 2.45) is 0 Å². The van der Waals surface area contributed by atoms with Crippen LogP contribution in [0.25, 0.3) is 0 Å². The molecule has 0 bridgehead atoms. The molecule has 0 spiro atoms. The maximum atomic E-state index is 10.5. The molecular formula is C5H8BNOS. The largest absolute Gasteiger partial charge is 0.351 e. The van der Waals surface area contributed by atoms with Gasteiger partial charge in [0.1, 0.15) is 0 Å². The molecule has 0 aromatic rings. The van der Waals surface area contributed by atoms with E-state index in [1.807, 2.05) is 11.8 Å². The standard InChI is InChI=1S/C5H8BNOS/c6-5(8)7-1-3-9-4-2-7/h1-4H2. The fraction of sp³-hybridized carbons (Fsp3) is 0.800. The minimum Gasteiger partial charge on any atom is -0.351 e. The van der Waals surface area contributed by atoms with Crippen molar-refractivity contribution in [2.45, 2.75) is 0 Å². The highest BCUT2D eigenvalue weighted by molar-refractivity contribution is 7.99. The minimum atomic E-state index is -0.282. The van der Waals surface area contributed by atoms with E-state index in [0.29, 0.717) is 0 Å². The molecular weight excluding hydrogens is 133 g/mol. The number of thioether (sulfide) groups is 1. The van der Waals surface area contributed by atoms with E-state index in [1.54, 1.807) is 4.90 Å². The van der Waals surface area contributed by atoms with Crippen molar-refractivity contribution < 1.29 is 4.79 Å². The Labute approximate surface area is 60.4 Å². The van der Waals surface area contributed by atoms with Crippen molar-refractivity contribution in [3.63, 3.8) is 0 Å². The molecule has 0 atom stereocenters. The maximum absolute atomic E-state index is 10.5. The number of rotatable bonds is 0. The topological polar surface area (TPSA) is 20.3 Å². The molecule has 0 aromatic heterocycles. The van der Waals surface area contributed by atoms with Gasteiger partial charge in [0.25, 0.3) is 0 Å². The van der Waals surface area contributed by atoms with Gasteiger partial charge in [-0.05, 0) is 0 Å². The highest BCUT2D eigenvalue weighted by atomic mass is 32.2. The van der Waals surface area contributed by atoms with Gasteiger partial charge in [-0.2, -0.15) is 11.8 Å². The fourth-order valence-electron chi connectivity index (χ4n) is 0.784. The Balaban J connectivity index is 2.31. The molecule has 2 radical (unpaired) electrons. The molecule has 48 valence electrons. The first-order valence-corrected chi connectivity index (χ1v) is 4.08. The highest BCUT2D eigenvalue weighted by Crippen LogP contribution is 2.08. The molecule has 1 heterocycles. The molecule has 1 rings (SSSR count). The van der Waals surface area contributed by atoms with Gasteiger partial charge in [0, 0.05) is 24.6 Å². The quantitative estimate of drug-likeness (QED) is 0.453. The van der Waals surface area contributed by atoms with Crippen LogP contribution in [0.15, 0.2) is 0 Å². The van der Waals surface area contributed by atoms with Gasteiger partial charge in [-0.25, -0.2) is 0 Å². The Hall–Kier alpha value is -0.115. The van der Waals surface area contributed by atoms with Crippen molar-refractivity contribution >= 4 is 25.4 Å². The van der Waals surface area contributed by atoms with Crippen molar-refractivity contribution in [1.82, 2.24) is 4.90 Å². The summed E-state index contributed by atoms with van der Waals surface area (Å²) in [6, 6.07) is 0. The van der Waals surface area contributed by atoms with Crippen LogP contribution in [-0.4, -0.2) is 43.1 Å². The number of carbonyl (C=O) groups is 1. The van der Waals surface area contributed by atoms with Crippen LogP contribution in [0.1, 0.15) is 0 Å². The second-order valence-corrected chi connectivity index (χ2v) is 3.16. The Morgan fingerprint density at radius 3 is 2.33 bits per heavy atom. The predicted molar refractivity (Wildman–Crippen MR) is 40.0 cm³/mol. The average molecular weight is 141 g/mol. The van der Waals surface area contributed by atoms with E-state index in [9.17, 15) is 4.79 Å². The third-order valence-corrected chi connectivity index (χ3v) is 2.27. The third kappa shape index (κ3) is 1.93. The van der Waals surface area contributed by atoms with Crippen LogP contribution in [0, 0.1) is 0 Å². The number of hydrogen-bond acceptors (Lipinski definition) is 2. The summed E-state index contributed by atoms with van der Waals surface area (Å²) in [6.07, 6.45) is 0. The smallest absolute Gasteiger partial charge is 0.200 e. The van der Waals surface area contributed by atoms with E-state index in [4.69, 9.17) is 7.85 Å². The zero-order chi connectivity index (χ0) is 6.69. The first-order valence-electron chi connectivity index (χ1n) is 2.93. The second kappa shape index (κ2) is 3.15. The molecule has 1 saturated heterocycles. The third-order valence-electron chi connectivity index (χ3n) is 1.32. The summed E-state index contributed by atoms with van der Waals surface area (Å²) in [5.41, 5.74) is 0. The molecule has 1 aliphatic heterocycles. The van der Waals surface area contributed by atoms with E-state index >= 15 is 0 Å². The number of nitrogens with zero attached hydrogens (tertiary/aromatic N) is 1. The van der Waals surface area contributed by atoms with Crippen molar-refractivity contribution in [1.29, 1.82) is 0 Å². The molecule has 2 nitrogen and oxygen atoms in total. The molecule has 9 heavy (non-hydrogen) atoms. The lowest BCUT2D eigenvalue weighted by Gasteiger charge is -2.25. The Kier molecular flexibility index (Phi) is 2.45. The van der Waals surface area contributed by atoms with Gasteiger partial charge in [-0.1, -0.05) is 0 Å². The Morgan fingerprint density at radius 1 is 1.44 bits per heavy atom. The number of amides is 1. The molecule has 1 aliphatic rings. The molecule has 0 unspecified atom stereocenters. The van der Waals surface area contributed by atoms with E-state index in [0.717, 1.165) is 24.6 Å². The van der Waals surface area contributed by atoms with E-state index in [-0.39, 0.29) is 5.81 Å². The van der Waals surface area contributed by atoms with Crippen molar-refractivity contribution in [2.75, 3.05) is 24.6 Å². The summed E-state index contributed by atoms with van der Waals surface area (Å²) in [5.74, 6) is 1.78. The maximum Gasteiger partial charge on any atom is 0.200 e. The lowest BCUT2D eigenvalue weighted by molar-refractivity contribution is 0.227. The van der Waals surface area contributed by atoms with E-state index in [1.165, 1.54) is 0 Å². The van der Waals surface area contributed by atoms with Gasteiger partial charge < -0.3 is 4.90 Å². The SMILES string of the molecule is [B]C(=O)N1CCSCC1. The van der Waals surface area contributed by atoms with E-state index < -0.39 is 0 Å². The molecule has 1 amide bonds. The van der Waals surface area contributed by atoms with Crippen LogP contribution in [0.2, 0.25) is 0 Å². The van der Waals surface area contributed by atoms with Crippen LogP contribution in [-0.2, 0) is 0 Å². The summed E-state index contributed by atoms with van der Waals surface area (Å²) in [4.78, 5) is 12.2. The van der Waals surface area contributed by atoms with Crippen LogP contribution >= 0.6 is 11.8 Å². The molecule has 0 aliphatic carbocycles. The van der Waals surface area contributed by atoms with Gasteiger partial charge in [-0.15, -0.1) is 0 Å². The van der Waals surface area contributed by atoms with Crippen LogP contribution in [0.5, 0.6) is 0 Å². The van der Waals surface area contributed by atoms with Crippen molar-refractivity contribution in [3.05, 3.63) is 0 Å². The first-order chi connectivity index (χ1) is 4.30. The molecule has 0 saturated carbocycles.